The zero-order valence-electron chi connectivity index (χ0n) is 32.1. The van der Waals surface area contributed by atoms with E-state index in [1.54, 1.807) is 0 Å². The summed E-state index contributed by atoms with van der Waals surface area (Å²) in [6, 6.07) is 15.2. The van der Waals surface area contributed by atoms with Gasteiger partial charge in [0.05, 0.1) is 25.0 Å². The van der Waals surface area contributed by atoms with E-state index in [4.69, 9.17) is 28.4 Å². The zero-order valence-corrected chi connectivity index (χ0v) is 32.1. The molecule has 0 aromatic heterocycles. The number of benzene rings is 4. The molecule has 20 heteroatoms. The third kappa shape index (κ3) is 7.59. The number of hydrogen-bond donors (Lipinski definition) is 12. The van der Waals surface area contributed by atoms with Crippen LogP contribution in [0.2, 0.25) is 0 Å². The van der Waals surface area contributed by atoms with E-state index >= 15 is 0 Å². The number of esters is 2. The highest BCUT2D eigenvalue weighted by Gasteiger charge is 2.56. The van der Waals surface area contributed by atoms with E-state index < -0.39 is 122 Å². The Morgan fingerprint density at radius 2 is 0.823 bits per heavy atom. The standard InChI is InChI=1S/C42H42O20/c43-13-25-33(49)35(51)37(53)41(61-25)59-23-11-19(47)9-21-29(23)27(15-1-5-17(45)6-2-15)31(39(55)57-21)32-28(16-3-7-18(46)8-4-16)30-22(58-40(32)56)10-20(48)12-24(30)60-42-38(54)36(52)34(50)26(14-44)62-42/h1-12,25-28,31-38,41-54H,13-14H2/t25-,26-,27-,28-,31+,32+,33-,34-,35+,36+,37-,38-,41-,42-/m0/s1. The van der Waals surface area contributed by atoms with Crippen LogP contribution in [-0.4, -0.2) is 148 Å². The van der Waals surface area contributed by atoms with E-state index in [-0.39, 0.29) is 56.8 Å². The Morgan fingerprint density at radius 1 is 0.468 bits per heavy atom. The molecule has 0 amide bonds. The molecular formula is C42H42O20. The fraction of sp³-hybridized carbons (Fsp3) is 0.381. The Balaban J connectivity index is 1.31. The van der Waals surface area contributed by atoms with Gasteiger partial charge in [-0.2, -0.15) is 0 Å². The average molecular weight is 867 g/mol. The molecule has 4 aliphatic rings. The van der Waals surface area contributed by atoms with Crippen molar-refractivity contribution >= 4 is 11.9 Å². The Bertz CT molecular complexity index is 2140. The van der Waals surface area contributed by atoms with Crippen molar-refractivity contribution in [1.82, 2.24) is 0 Å². The second-order valence-corrected chi connectivity index (χ2v) is 15.4. The number of phenols is 4. The highest BCUT2D eigenvalue weighted by molar-refractivity contribution is 5.91. The van der Waals surface area contributed by atoms with Crippen LogP contribution >= 0.6 is 0 Å². The molecule has 4 heterocycles. The van der Waals surface area contributed by atoms with Crippen LogP contribution in [0.3, 0.4) is 0 Å². The molecule has 0 saturated carbocycles. The average Bonchev–Trinajstić information content (AvgIpc) is 3.23. The van der Waals surface area contributed by atoms with Crippen molar-refractivity contribution in [2.24, 2.45) is 11.8 Å². The Kier molecular flexibility index (Phi) is 11.6. The molecule has 330 valence electrons. The number of aliphatic hydroxyl groups is 8. The van der Waals surface area contributed by atoms with E-state index in [1.165, 1.54) is 48.5 Å². The molecule has 2 fully saturated rings. The van der Waals surface area contributed by atoms with Gasteiger partial charge in [0.1, 0.15) is 94.8 Å². The number of aromatic hydroxyl groups is 4. The molecule has 62 heavy (non-hydrogen) atoms. The zero-order chi connectivity index (χ0) is 44.3. The van der Waals surface area contributed by atoms with Crippen LogP contribution in [0.5, 0.6) is 46.0 Å². The SMILES string of the molecule is O=C1Oc2cc(O)cc(O[C@H]3O[C@@H](CO)[C@H](O)[C@@H](O)[C@@H]3O)c2[C@H](c2ccc(O)cc2)[C@@H]1[C@@H]1C(=O)Oc2cc(O)cc(O[C@H]3O[C@@H](CO)[C@H](O)[C@@H](O)[C@@H]3O)c2[C@@H]1c1ccc(O)cc1. The quantitative estimate of drug-likeness (QED) is 0.0702. The number of hydrogen-bond acceptors (Lipinski definition) is 20. The smallest absolute Gasteiger partial charge is 0.316 e. The molecule has 0 bridgehead atoms. The molecular weight excluding hydrogens is 824 g/mol. The number of carbonyl (C=O) groups excluding carboxylic acids is 2. The van der Waals surface area contributed by atoms with Crippen LogP contribution < -0.4 is 18.9 Å². The lowest BCUT2D eigenvalue weighted by atomic mass is 9.65. The molecule has 0 spiro atoms. The number of fused-ring (bicyclic) bond motifs is 2. The summed E-state index contributed by atoms with van der Waals surface area (Å²) in [5.74, 6) is -10.7. The first kappa shape index (κ1) is 42.9. The molecule has 4 aromatic carbocycles. The van der Waals surface area contributed by atoms with Gasteiger partial charge in [0.15, 0.2) is 0 Å². The molecule has 0 radical (unpaired) electrons. The van der Waals surface area contributed by atoms with Gasteiger partial charge >= 0.3 is 11.9 Å². The van der Waals surface area contributed by atoms with Crippen molar-refractivity contribution in [2.75, 3.05) is 13.2 Å². The van der Waals surface area contributed by atoms with Crippen molar-refractivity contribution < 1.29 is 99.3 Å². The maximum Gasteiger partial charge on any atom is 0.316 e. The van der Waals surface area contributed by atoms with Gasteiger partial charge < -0.3 is 89.7 Å². The molecule has 8 rings (SSSR count). The van der Waals surface area contributed by atoms with Crippen LogP contribution in [0, 0.1) is 11.8 Å². The fourth-order valence-corrected chi connectivity index (χ4v) is 8.53. The lowest BCUT2D eigenvalue weighted by Gasteiger charge is -2.43. The maximum absolute atomic E-state index is 14.7. The summed E-state index contributed by atoms with van der Waals surface area (Å²) in [4.78, 5) is 29.3. The third-order valence-corrected chi connectivity index (χ3v) is 11.6. The summed E-state index contributed by atoms with van der Waals surface area (Å²) < 4.78 is 35.0. The molecule has 14 atom stereocenters. The summed E-state index contributed by atoms with van der Waals surface area (Å²) in [6.45, 7) is -1.61. The van der Waals surface area contributed by atoms with Gasteiger partial charge in [-0.3, -0.25) is 9.59 Å². The maximum atomic E-state index is 14.7. The van der Waals surface area contributed by atoms with Gasteiger partial charge in [-0.1, -0.05) is 24.3 Å². The van der Waals surface area contributed by atoms with E-state index in [0.29, 0.717) is 0 Å². The monoisotopic (exact) mass is 866 g/mol. The lowest BCUT2D eigenvalue weighted by molar-refractivity contribution is -0.277. The Morgan fingerprint density at radius 3 is 1.16 bits per heavy atom. The first-order chi connectivity index (χ1) is 29.6. The predicted molar refractivity (Wildman–Crippen MR) is 203 cm³/mol. The van der Waals surface area contributed by atoms with E-state index in [1.807, 2.05) is 0 Å². The second kappa shape index (κ2) is 16.8. The number of carbonyl (C=O) groups is 2. The molecule has 4 aliphatic heterocycles. The van der Waals surface area contributed by atoms with Crippen LogP contribution in [0.4, 0.5) is 0 Å². The number of aliphatic hydroxyl groups excluding tert-OH is 8. The predicted octanol–water partition coefficient (Wildman–Crippen LogP) is -1.10. The normalized spacial score (nSPS) is 33.1. The van der Waals surface area contributed by atoms with Crippen LogP contribution in [0.15, 0.2) is 72.8 Å². The minimum absolute atomic E-state index is 0.0263. The largest absolute Gasteiger partial charge is 0.508 e. The van der Waals surface area contributed by atoms with Gasteiger partial charge in [0.25, 0.3) is 0 Å². The lowest BCUT2D eigenvalue weighted by Crippen LogP contribution is -2.60. The molecule has 12 N–H and O–H groups in total. The van der Waals surface area contributed by atoms with Gasteiger partial charge in [-0.25, -0.2) is 0 Å². The van der Waals surface area contributed by atoms with Crippen molar-refractivity contribution in [3.05, 3.63) is 95.1 Å². The third-order valence-electron chi connectivity index (χ3n) is 11.6. The highest BCUT2D eigenvalue weighted by Crippen LogP contribution is 2.58. The summed E-state index contributed by atoms with van der Waals surface area (Å²) in [5, 5.41) is 126. The number of phenolic OH excluding ortho intramolecular Hbond substituents is 4. The summed E-state index contributed by atoms with van der Waals surface area (Å²) in [7, 11) is 0. The van der Waals surface area contributed by atoms with E-state index in [2.05, 4.69) is 0 Å². The molecule has 20 nitrogen and oxygen atoms in total. The van der Waals surface area contributed by atoms with E-state index in [0.717, 1.165) is 24.3 Å². The van der Waals surface area contributed by atoms with Crippen molar-refractivity contribution in [3.63, 3.8) is 0 Å². The number of ether oxygens (including phenoxy) is 6. The van der Waals surface area contributed by atoms with Crippen molar-refractivity contribution in [1.29, 1.82) is 0 Å². The molecule has 0 aliphatic carbocycles. The van der Waals surface area contributed by atoms with E-state index in [9.17, 15) is 70.9 Å². The van der Waals surface area contributed by atoms with Crippen LogP contribution in [-0.2, 0) is 19.1 Å². The van der Waals surface area contributed by atoms with Crippen LogP contribution in [0.1, 0.15) is 34.1 Å². The van der Waals surface area contributed by atoms with Gasteiger partial charge in [-0.05, 0) is 35.4 Å². The Hall–Kier alpha value is -5.78. The van der Waals surface area contributed by atoms with Gasteiger partial charge in [0, 0.05) is 47.2 Å². The minimum Gasteiger partial charge on any atom is -0.508 e. The first-order valence-electron chi connectivity index (χ1n) is 19.3. The number of rotatable bonds is 9. The molecule has 2 saturated heterocycles. The van der Waals surface area contributed by atoms with Crippen molar-refractivity contribution in [2.45, 2.75) is 73.2 Å². The fourth-order valence-electron chi connectivity index (χ4n) is 8.53. The minimum atomic E-state index is -1.93. The highest BCUT2D eigenvalue weighted by atomic mass is 16.7. The summed E-state index contributed by atoms with van der Waals surface area (Å²) >= 11 is 0. The Labute approximate surface area is 350 Å². The first-order valence-corrected chi connectivity index (χ1v) is 19.3. The van der Waals surface area contributed by atoms with Gasteiger partial charge in [-0.15, -0.1) is 0 Å². The van der Waals surface area contributed by atoms with Crippen molar-refractivity contribution in [3.8, 4) is 46.0 Å². The second-order valence-electron chi connectivity index (χ2n) is 15.4. The van der Waals surface area contributed by atoms with Gasteiger partial charge in [0.2, 0.25) is 12.6 Å². The molecule has 4 aromatic rings. The summed E-state index contributed by atoms with van der Waals surface area (Å²) in [6.07, 6.45) is -17.5. The van der Waals surface area contributed by atoms with Crippen LogP contribution in [0.25, 0.3) is 0 Å². The molecule has 0 unspecified atom stereocenters. The summed E-state index contributed by atoms with van der Waals surface area (Å²) in [5.41, 5.74) is 0.450. The topological polar surface area (TPSA) is 332 Å².